The molecule has 0 fully saturated rings. The monoisotopic (exact) mass is 401 g/mol. The maximum Gasteiger partial charge on any atom is 0.267 e. The number of nitrogens with one attached hydrogen (secondary N) is 1. The van der Waals surface area contributed by atoms with E-state index in [1.807, 2.05) is 35.8 Å². The summed E-state index contributed by atoms with van der Waals surface area (Å²) in [4.78, 5) is 17.2. The number of hydrogen-bond donors (Lipinski definition) is 1. The van der Waals surface area contributed by atoms with Gasteiger partial charge in [0.1, 0.15) is 5.75 Å². The van der Waals surface area contributed by atoms with Crippen molar-refractivity contribution >= 4 is 34.5 Å². The second kappa shape index (κ2) is 9.57. The maximum absolute atomic E-state index is 12.6. The minimum Gasteiger partial charge on any atom is -0.481 e. The number of imidazole rings is 1. The summed E-state index contributed by atoms with van der Waals surface area (Å²) in [5.41, 5.74) is 1.81. The highest BCUT2D eigenvalue weighted by atomic mass is 35.5. The Hall–Kier alpha value is -2.57. The average molecular weight is 402 g/mol. The number of halogens is 1. The number of nitrogens with zero attached hydrogens (tertiary/aromatic N) is 2. The molecule has 1 aromatic heterocycles. The smallest absolute Gasteiger partial charge is 0.267 e. The Labute approximate surface area is 169 Å². The van der Waals surface area contributed by atoms with Crippen molar-refractivity contribution in [1.82, 2.24) is 9.55 Å². The molecule has 1 unspecified atom stereocenters. The van der Waals surface area contributed by atoms with E-state index in [2.05, 4.69) is 10.3 Å². The summed E-state index contributed by atoms with van der Waals surface area (Å²) in [6.07, 6.45) is 0.145. The van der Waals surface area contributed by atoms with Gasteiger partial charge in [0.05, 0.1) is 11.0 Å². The van der Waals surface area contributed by atoms with Crippen LogP contribution in [0.2, 0.25) is 5.02 Å². The van der Waals surface area contributed by atoms with Gasteiger partial charge < -0.3 is 14.0 Å². The van der Waals surface area contributed by atoms with Gasteiger partial charge in [0, 0.05) is 24.8 Å². The summed E-state index contributed by atoms with van der Waals surface area (Å²) >= 11 is 5.88. The van der Waals surface area contributed by atoms with Crippen molar-refractivity contribution in [2.75, 3.05) is 18.5 Å². The van der Waals surface area contributed by atoms with Crippen LogP contribution in [0, 0.1) is 0 Å². The second-order valence-electron chi connectivity index (χ2n) is 6.33. The zero-order valence-electron chi connectivity index (χ0n) is 16.0. The number of amides is 1. The standard InChI is InChI=1S/C21H24ClN3O3/c1-3-27-14-6-13-25-19-8-5-4-7-18(19)23-21(25)24-20(26)15(2)28-17-11-9-16(22)10-12-17/h4-5,7-12,15H,3,6,13-14H2,1-2H3,(H,23,24,26). The van der Waals surface area contributed by atoms with E-state index in [9.17, 15) is 4.79 Å². The van der Waals surface area contributed by atoms with Crippen LogP contribution in [0.5, 0.6) is 5.75 Å². The molecule has 6 nitrogen and oxygen atoms in total. The Bertz CT molecular complexity index is 924. The summed E-state index contributed by atoms with van der Waals surface area (Å²) in [6.45, 7) is 5.72. The number of para-hydroxylation sites is 2. The lowest BCUT2D eigenvalue weighted by Crippen LogP contribution is -2.31. The van der Waals surface area contributed by atoms with Crippen LogP contribution >= 0.6 is 11.6 Å². The molecule has 1 heterocycles. The minimum absolute atomic E-state index is 0.267. The van der Waals surface area contributed by atoms with Crippen LogP contribution in [-0.2, 0) is 16.1 Å². The normalized spacial score (nSPS) is 12.1. The van der Waals surface area contributed by atoms with Crippen LogP contribution < -0.4 is 10.1 Å². The lowest BCUT2D eigenvalue weighted by molar-refractivity contribution is -0.122. The third kappa shape index (κ3) is 5.03. The number of anilines is 1. The fraction of sp³-hybridized carbons (Fsp3) is 0.333. The molecule has 3 aromatic rings. The summed E-state index contributed by atoms with van der Waals surface area (Å²) in [6, 6.07) is 14.7. The Kier molecular flexibility index (Phi) is 6.90. The zero-order valence-corrected chi connectivity index (χ0v) is 16.8. The maximum atomic E-state index is 12.6. The van der Waals surface area contributed by atoms with Crippen molar-refractivity contribution in [2.45, 2.75) is 32.9 Å². The predicted molar refractivity (Wildman–Crippen MR) is 111 cm³/mol. The Morgan fingerprint density at radius 3 is 2.71 bits per heavy atom. The first kappa shape index (κ1) is 20.2. The molecule has 148 valence electrons. The Morgan fingerprint density at radius 2 is 1.96 bits per heavy atom. The number of carbonyl (C=O) groups excluding carboxylic acids is 1. The molecular formula is C21H24ClN3O3. The van der Waals surface area contributed by atoms with Gasteiger partial charge in [-0.2, -0.15) is 0 Å². The summed E-state index contributed by atoms with van der Waals surface area (Å²) in [5.74, 6) is 0.822. The van der Waals surface area contributed by atoms with Crippen LogP contribution in [0.4, 0.5) is 5.95 Å². The lowest BCUT2D eigenvalue weighted by Gasteiger charge is -2.15. The number of aryl methyl sites for hydroxylation is 1. The Balaban J connectivity index is 1.72. The second-order valence-corrected chi connectivity index (χ2v) is 6.77. The SMILES string of the molecule is CCOCCCn1c(NC(=O)C(C)Oc2ccc(Cl)cc2)nc2ccccc21. The van der Waals surface area contributed by atoms with Gasteiger partial charge >= 0.3 is 0 Å². The minimum atomic E-state index is -0.683. The molecule has 1 amide bonds. The van der Waals surface area contributed by atoms with Crippen molar-refractivity contribution in [3.05, 3.63) is 53.6 Å². The molecule has 3 rings (SSSR count). The van der Waals surface area contributed by atoms with E-state index in [1.54, 1.807) is 31.2 Å². The molecule has 0 saturated carbocycles. The lowest BCUT2D eigenvalue weighted by atomic mass is 10.3. The van der Waals surface area contributed by atoms with Gasteiger partial charge in [-0.3, -0.25) is 10.1 Å². The van der Waals surface area contributed by atoms with E-state index >= 15 is 0 Å². The summed E-state index contributed by atoms with van der Waals surface area (Å²) < 4.78 is 13.1. The summed E-state index contributed by atoms with van der Waals surface area (Å²) in [5, 5.41) is 3.51. The highest BCUT2D eigenvalue weighted by molar-refractivity contribution is 6.30. The zero-order chi connectivity index (χ0) is 19.9. The van der Waals surface area contributed by atoms with Gasteiger partial charge in [-0.25, -0.2) is 4.98 Å². The molecular weight excluding hydrogens is 378 g/mol. The predicted octanol–water partition coefficient (Wildman–Crippen LogP) is 4.52. The molecule has 1 atom stereocenters. The van der Waals surface area contributed by atoms with Gasteiger partial charge in [0.15, 0.2) is 6.10 Å². The molecule has 0 saturated heterocycles. The van der Waals surface area contributed by atoms with Gasteiger partial charge in [-0.1, -0.05) is 23.7 Å². The topological polar surface area (TPSA) is 65.4 Å². The van der Waals surface area contributed by atoms with Crippen molar-refractivity contribution in [3.63, 3.8) is 0 Å². The van der Waals surface area contributed by atoms with Crippen LogP contribution in [0.25, 0.3) is 11.0 Å². The quantitative estimate of drug-likeness (QED) is 0.535. The first-order valence-corrected chi connectivity index (χ1v) is 9.72. The summed E-state index contributed by atoms with van der Waals surface area (Å²) in [7, 11) is 0. The van der Waals surface area contributed by atoms with E-state index in [0.717, 1.165) is 17.5 Å². The first-order chi connectivity index (χ1) is 13.6. The molecule has 0 aliphatic rings. The van der Waals surface area contributed by atoms with Crippen LogP contribution in [0.3, 0.4) is 0 Å². The van der Waals surface area contributed by atoms with Crippen LogP contribution in [-0.4, -0.2) is 34.8 Å². The number of rotatable bonds is 9. The molecule has 0 bridgehead atoms. The van der Waals surface area contributed by atoms with E-state index < -0.39 is 6.10 Å². The fourth-order valence-corrected chi connectivity index (χ4v) is 2.97. The van der Waals surface area contributed by atoms with Crippen LogP contribution in [0.15, 0.2) is 48.5 Å². The molecule has 0 spiro atoms. The molecule has 0 radical (unpaired) electrons. The van der Waals surface area contributed by atoms with Gasteiger partial charge in [-0.15, -0.1) is 0 Å². The van der Waals surface area contributed by atoms with Gasteiger partial charge in [0.2, 0.25) is 5.95 Å². The highest BCUT2D eigenvalue weighted by Gasteiger charge is 2.19. The largest absolute Gasteiger partial charge is 0.481 e. The number of ether oxygens (including phenoxy) is 2. The molecule has 0 aliphatic carbocycles. The third-order valence-corrected chi connectivity index (χ3v) is 4.51. The first-order valence-electron chi connectivity index (χ1n) is 9.34. The van der Waals surface area contributed by atoms with E-state index in [-0.39, 0.29) is 5.91 Å². The van der Waals surface area contributed by atoms with Crippen molar-refractivity contribution < 1.29 is 14.3 Å². The number of carbonyl (C=O) groups is 1. The average Bonchev–Trinajstić information content (AvgIpc) is 3.04. The fourth-order valence-electron chi connectivity index (χ4n) is 2.85. The van der Waals surface area contributed by atoms with E-state index in [4.69, 9.17) is 21.1 Å². The van der Waals surface area contributed by atoms with Crippen molar-refractivity contribution in [3.8, 4) is 5.75 Å². The molecule has 1 N–H and O–H groups in total. The molecule has 0 aliphatic heterocycles. The number of benzene rings is 2. The molecule has 7 heteroatoms. The third-order valence-electron chi connectivity index (χ3n) is 4.26. The molecule has 2 aromatic carbocycles. The highest BCUT2D eigenvalue weighted by Crippen LogP contribution is 2.21. The van der Waals surface area contributed by atoms with Crippen molar-refractivity contribution in [2.24, 2.45) is 0 Å². The van der Waals surface area contributed by atoms with Gasteiger partial charge in [-0.05, 0) is 56.7 Å². The number of aromatic nitrogens is 2. The van der Waals surface area contributed by atoms with Gasteiger partial charge in [0.25, 0.3) is 5.91 Å². The van der Waals surface area contributed by atoms with E-state index in [1.165, 1.54) is 0 Å². The number of fused-ring (bicyclic) bond motifs is 1. The van der Waals surface area contributed by atoms with Crippen molar-refractivity contribution in [1.29, 1.82) is 0 Å². The van der Waals surface area contributed by atoms with Crippen LogP contribution in [0.1, 0.15) is 20.3 Å². The number of hydrogen-bond acceptors (Lipinski definition) is 4. The van der Waals surface area contributed by atoms with E-state index in [0.29, 0.717) is 36.5 Å². The Morgan fingerprint density at radius 1 is 1.21 bits per heavy atom. The molecule has 28 heavy (non-hydrogen) atoms.